The van der Waals surface area contributed by atoms with Crippen molar-refractivity contribution in [3.8, 4) is 0 Å². The molecule has 5 rings (SSSR count). The van der Waals surface area contributed by atoms with E-state index in [1.54, 1.807) is 0 Å². The molecule has 2 atom stereocenters. The molecule has 150 valence electrons. The molecule has 3 aliphatic heterocycles. The SMILES string of the molecule is O=C(Cc1ccc2c(c1)CCC2)N1CCC2C(C1)NC(=O)N2C1CCNCC1. The van der Waals surface area contributed by atoms with Crippen molar-refractivity contribution >= 4 is 11.9 Å². The summed E-state index contributed by atoms with van der Waals surface area (Å²) in [6, 6.07) is 7.25. The van der Waals surface area contributed by atoms with Crippen LogP contribution >= 0.6 is 0 Å². The first-order chi connectivity index (χ1) is 13.7. The van der Waals surface area contributed by atoms with Crippen LogP contribution in [0.25, 0.3) is 0 Å². The zero-order valence-electron chi connectivity index (χ0n) is 16.5. The maximum Gasteiger partial charge on any atom is 0.318 e. The number of nitrogens with one attached hydrogen (secondary N) is 2. The van der Waals surface area contributed by atoms with E-state index in [9.17, 15) is 9.59 Å². The molecule has 6 nitrogen and oxygen atoms in total. The molecule has 3 fully saturated rings. The zero-order valence-corrected chi connectivity index (χ0v) is 16.5. The minimum absolute atomic E-state index is 0.0646. The molecule has 0 bridgehead atoms. The number of aryl methyl sites for hydroxylation is 2. The predicted octanol–water partition coefficient (Wildman–Crippen LogP) is 1.46. The number of piperidine rings is 2. The van der Waals surface area contributed by atoms with E-state index in [0.29, 0.717) is 19.0 Å². The number of hydrogen-bond acceptors (Lipinski definition) is 3. The van der Waals surface area contributed by atoms with Gasteiger partial charge in [-0.25, -0.2) is 4.79 Å². The number of urea groups is 1. The Morgan fingerprint density at radius 1 is 1.11 bits per heavy atom. The van der Waals surface area contributed by atoms with Crippen LogP contribution in [0.4, 0.5) is 4.79 Å². The van der Waals surface area contributed by atoms with Gasteiger partial charge in [0.15, 0.2) is 0 Å². The molecule has 4 aliphatic rings. The number of nitrogens with zero attached hydrogens (tertiary/aromatic N) is 2. The molecule has 2 unspecified atom stereocenters. The molecular formula is C22H30N4O2. The third kappa shape index (κ3) is 3.28. The highest BCUT2D eigenvalue weighted by Crippen LogP contribution is 2.28. The fraction of sp³-hybridized carbons (Fsp3) is 0.636. The summed E-state index contributed by atoms with van der Waals surface area (Å²) in [6.07, 6.45) is 6.94. The average molecular weight is 383 g/mol. The van der Waals surface area contributed by atoms with Crippen molar-refractivity contribution in [3.05, 3.63) is 34.9 Å². The number of likely N-dealkylation sites (tertiary alicyclic amines) is 1. The predicted molar refractivity (Wildman–Crippen MR) is 107 cm³/mol. The maximum atomic E-state index is 12.9. The van der Waals surface area contributed by atoms with Crippen LogP contribution in [0.15, 0.2) is 18.2 Å². The molecule has 28 heavy (non-hydrogen) atoms. The Balaban J connectivity index is 1.22. The first kappa shape index (κ1) is 18.0. The second-order valence-corrected chi connectivity index (χ2v) is 8.77. The molecule has 0 radical (unpaired) electrons. The lowest BCUT2D eigenvalue weighted by Crippen LogP contribution is -2.55. The van der Waals surface area contributed by atoms with Crippen molar-refractivity contribution in [1.82, 2.24) is 20.4 Å². The summed E-state index contributed by atoms with van der Waals surface area (Å²) < 4.78 is 0. The Kier molecular flexibility index (Phi) is 4.75. The smallest absolute Gasteiger partial charge is 0.318 e. The normalized spacial score (nSPS) is 27.5. The molecule has 3 heterocycles. The van der Waals surface area contributed by atoms with Gasteiger partial charge in [-0.2, -0.15) is 0 Å². The van der Waals surface area contributed by atoms with Gasteiger partial charge in [-0.1, -0.05) is 18.2 Å². The van der Waals surface area contributed by atoms with Crippen molar-refractivity contribution in [1.29, 1.82) is 0 Å². The van der Waals surface area contributed by atoms with E-state index in [0.717, 1.165) is 50.9 Å². The molecule has 1 aromatic carbocycles. The number of fused-ring (bicyclic) bond motifs is 2. The van der Waals surface area contributed by atoms with E-state index in [4.69, 9.17) is 0 Å². The van der Waals surface area contributed by atoms with Crippen molar-refractivity contribution in [3.63, 3.8) is 0 Å². The standard InChI is InChI=1S/C22H30N4O2/c27-21(13-15-4-5-16-2-1-3-17(16)12-15)25-11-8-20-19(14-25)24-22(28)26(20)18-6-9-23-10-7-18/h4-5,12,18-20,23H,1-3,6-11,13-14H2,(H,24,28). The Labute approximate surface area is 166 Å². The number of hydrogen-bond donors (Lipinski definition) is 2. The lowest BCUT2D eigenvalue weighted by atomic mass is 9.95. The minimum atomic E-state index is 0.0646. The number of carbonyl (C=O) groups is 2. The highest BCUT2D eigenvalue weighted by Gasteiger charge is 2.46. The second kappa shape index (κ2) is 7.39. The maximum absolute atomic E-state index is 12.9. The van der Waals surface area contributed by atoms with E-state index >= 15 is 0 Å². The molecular weight excluding hydrogens is 352 g/mol. The number of rotatable bonds is 3. The highest BCUT2D eigenvalue weighted by atomic mass is 16.2. The van der Waals surface area contributed by atoms with Gasteiger partial charge in [-0.3, -0.25) is 4.79 Å². The first-order valence-corrected chi connectivity index (χ1v) is 10.9. The highest BCUT2D eigenvalue weighted by molar-refractivity contribution is 5.81. The lowest BCUT2D eigenvalue weighted by Gasteiger charge is -2.40. The van der Waals surface area contributed by atoms with E-state index in [-0.39, 0.29) is 24.0 Å². The average Bonchev–Trinajstić information content (AvgIpc) is 3.30. The van der Waals surface area contributed by atoms with Crippen molar-refractivity contribution < 1.29 is 9.59 Å². The molecule has 0 saturated carbocycles. The summed E-state index contributed by atoms with van der Waals surface area (Å²) in [5.74, 6) is 0.186. The third-order valence-electron chi connectivity index (χ3n) is 7.05. The van der Waals surface area contributed by atoms with Gasteiger partial charge in [0, 0.05) is 19.1 Å². The van der Waals surface area contributed by atoms with E-state index in [1.807, 2.05) is 4.90 Å². The topological polar surface area (TPSA) is 64.7 Å². The van der Waals surface area contributed by atoms with Crippen LogP contribution in [-0.4, -0.2) is 66.0 Å². The van der Waals surface area contributed by atoms with Crippen molar-refractivity contribution in [2.24, 2.45) is 0 Å². The molecule has 1 aromatic rings. The largest absolute Gasteiger partial charge is 0.340 e. The van der Waals surface area contributed by atoms with Crippen LogP contribution in [0.5, 0.6) is 0 Å². The lowest BCUT2D eigenvalue weighted by molar-refractivity contribution is -0.132. The Bertz CT molecular complexity index is 774. The first-order valence-electron chi connectivity index (χ1n) is 10.9. The summed E-state index contributed by atoms with van der Waals surface area (Å²) in [5.41, 5.74) is 3.99. The second-order valence-electron chi connectivity index (χ2n) is 8.77. The molecule has 2 N–H and O–H groups in total. The quantitative estimate of drug-likeness (QED) is 0.832. The fourth-order valence-electron chi connectivity index (χ4n) is 5.57. The Morgan fingerprint density at radius 2 is 1.93 bits per heavy atom. The molecule has 0 aromatic heterocycles. The zero-order chi connectivity index (χ0) is 19.1. The summed E-state index contributed by atoms with van der Waals surface area (Å²) in [4.78, 5) is 29.6. The number of carbonyl (C=O) groups excluding carboxylic acids is 2. The van der Waals surface area contributed by atoms with Crippen LogP contribution in [0.2, 0.25) is 0 Å². The van der Waals surface area contributed by atoms with Gasteiger partial charge in [0.25, 0.3) is 0 Å². The van der Waals surface area contributed by atoms with Gasteiger partial charge in [-0.15, -0.1) is 0 Å². The molecule has 6 heteroatoms. The Morgan fingerprint density at radius 3 is 2.79 bits per heavy atom. The number of amides is 3. The Hall–Kier alpha value is -2.08. The number of benzene rings is 1. The summed E-state index contributed by atoms with van der Waals surface area (Å²) in [7, 11) is 0. The van der Waals surface area contributed by atoms with Crippen LogP contribution in [0.3, 0.4) is 0 Å². The summed E-state index contributed by atoms with van der Waals surface area (Å²) >= 11 is 0. The molecule has 3 amide bonds. The van der Waals surface area contributed by atoms with Crippen molar-refractivity contribution in [2.45, 2.75) is 63.1 Å². The van der Waals surface area contributed by atoms with Crippen LogP contribution in [0.1, 0.15) is 42.4 Å². The van der Waals surface area contributed by atoms with Crippen LogP contribution in [-0.2, 0) is 24.1 Å². The van der Waals surface area contributed by atoms with Crippen molar-refractivity contribution in [2.75, 3.05) is 26.2 Å². The summed E-state index contributed by atoms with van der Waals surface area (Å²) in [6.45, 7) is 3.36. The van der Waals surface area contributed by atoms with Gasteiger partial charge in [-0.05, 0) is 68.3 Å². The fourth-order valence-corrected chi connectivity index (χ4v) is 5.57. The van der Waals surface area contributed by atoms with E-state index in [1.165, 1.54) is 24.0 Å². The van der Waals surface area contributed by atoms with E-state index < -0.39 is 0 Å². The van der Waals surface area contributed by atoms with Gasteiger partial charge < -0.3 is 20.4 Å². The van der Waals surface area contributed by atoms with Gasteiger partial charge in [0.2, 0.25) is 5.91 Å². The van der Waals surface area contributed by atoms with Gasteiger partial charge >= 0.3 is 6.03 Å². The molecule has 0 spiro atoms. The van der Waals surface area contributed by atoms with E-state index in [2.05, 4.69) is 33.7 Å². The molecule has 3 saturated heterocycles. The van der Waals surface area contributed by atoms with Gasteiger partial charge in [0.1, 0.15) is 0 Å². The van der Waals surface area contributed by atoms with Crippen LogP contribution < -0.4 is 10.6 Å². The molecule has 1 aliphatic carbocycles. The monoisotopic (exact) mass is 382 g/mol. The minimum Gasteiger partial charge on any atom is -0.340 e. The van der Waals surface area contributed by atoms with Gasteiger partial charge in [0.05, 0.1) is 18.5 Å². The summed E-state index contributed by atoms with van der Waals surface area (Å²) in [5, 5.41) is 6.53. The van der Waals surface area contributed by atoms with Crippen LogP contribution in [0, 0.1) is 0 Å². The third-order valence-corrected chi connectivity index (χ3v) is 7.05.